The van der Waals surface area contributed by atoms with Crippen molar-refractivity contribution in [1.82, 2.24) is 4.98 Å². The van der Waals surface area contributed by atoms with Gasteiger partial charge in [-0.25, -0.2) is 9.78 Å². The predicted molar refractivity (Wildman–Crippen MR) is 63.3 cm³/mol. The summed E-state index contributed by atoms with van der Waals surface area (Å²) in [5.41, 5.74) is -0.495. The van der Waals surface area contributed by atoms with Gasteiger partial charge >= 0.3 is 5.97 Å². The highest BCUT2D eigenvalue weighted by Crippen LogP contribution is 2.12. The molecule has 0 fully saturated rings. The molecule has 1 heterocycles. The van der Waals surface area contributed by atoms with Gasteiger partial charge in [0.25, 0.3) is 0 Å². The molecule has 1 aromatic rings. The van der Waals surface area contributed by atoms with E-state index in [1.165, 1.54) is 0 Å². The van der Waals surface area contributed by atoms with E-state index in [1.807, 2.05) is 20.8 Å². The predicted octanol–water partition coefficient (Wildman–Crippen LogP) is 2.56. The van der Waals surface area contributed by atoms with Gasteiger partial charge in [-0.2, -0.15) is 0 Å². The summed E-state index contributed by atoms with van der Waals surface area (Å²) in [6.45, 7) is 5.29. The Hall–Kier alpha value is -1.10. The molecule has 0 spiro atoms. The number of nitrogens with zero attached hydrogens (tertiary/aromatic N) is 1. The maximum atomic E-state index is 11.3. The van der Waals surface area contributed by atoms with Crippen LogP contribution < -0.4 is 4.74 Å². The first-order valence-electron chi connectivity index (χ1n) is 4.84. The minimum atomic E-state index is -0.495. The SMILES string of the molecule is CC(C)(C)OC(=O)COc1cccc(Br)n1. The Morgan fingerprint density at radius 1 is 1.44 bits per heavy atom. The van der Waals surface area contributed by atoms with Gasteiger partial charge in [0.1, 0.15) is 10.2 Å². The monoisotopic (exact) mass is 287 g/mol. The summed E-state index contributed by atoms with van der Waals surface area (Å²) in [5, 5.41) is 0. The lowest BCUT2D eigenvalue weighted by Gasteiger charge is -2.19. The number of hydrogen-bond acceptors (Lipinski definition) is 4. The number of hydrogen-bond donors (Lipinski definition) is 0. The maximum absolute atomic E-state index is 11.3. The van der Waals surface area contributed by atoms with Crippen LogP contribution in [0, 0.1) is 0 Å². The molecular formula is C11H14BrNO3. The number of halogens is 1. The smallest absolute Gasteiger partial charge is 0.344 e. The molecule has 0 aliphatic rings. The second-order valence-corrected chi connectivity index (χ2v) is 4.99. The normalized spacial score (nSPS) is 11.0. The van der Waals surface area contributed by atoms with Crippen LogP contribution in [-0.4, -0.2) is 23.2 Å². The Bertz CT molecular complexity index is 374. The van der Waals surface area contributed by atoms with E-state index in [4.69, 9.17) is 9.47 Å². The Morgan fingerprint density at radius 2 is 2.12 bits per heavy atom. The fraction of sp³-hybridized carbons (Fsp3) is 0.455. The molecule has 16 heavy (non-hydrogen) atoms. The third kappa shape index (κ3) is 5.11. The zero-order valence-electron chi connectivity index (χ0n) is 9.49. The summed E-state index contributed by atoms with van der Waals surface area (Å²) in [7, 11) is 0. The summed E-state index contributed by atoms with van der Waals surface area (Å²) in [6, 6.07) is 5.23. The van der Waals surface area contributed by atoms with Crippen molar-refractivity contribution in [3.05, 3.63) is 22.8 Å². The second kappa shape index (κ2) is 5.30. The van der Waals surface area contributed by atoms with Crippen LogP contribution in [0.4, 0.5) is 0 Å². The fourth-order valence-electron chi connectivity index (χ4n) is 0.974. The first-order valence-corrected chi connectivity index (χ1v) is 5.63. The zero-order chi connectivity index (χ0) is 12.2. The van der Waals surface area contributed by atoms with Gasteiger partial charge in [-0.05, 0) is 42.8 Å². The highest BCUT2D eigenvalue weighted by atomic mass is 79.9. The average molecular weight is 288 g/mol. The largest absolute Gasteiger partial charge is 0.466 e. The average Bonchev–Trinajstić information content (AvgIpc) is 2.12. The number of rotatable bonds is 3. The summed E-state index contributed by atoms with van der Waals surface area (Å²) in [5.74, 6) is -0.0190. The van der Waals surface area contributed by atoms with Crippen molar-refractivity contribution >= 4 is 21.9 Å². The molecule has 88 valence electrons. The van der Waals surface area contributed by atoms with Gasteiger partial charge in [-0.3, -0.25) is 0 Å². The van der Waals surface area contributed by atoms with E-state index in [9.17, 15) is 4.79 Å². The molecular weight excluding hydrogens is 274 g/mol. The maximum Gasteiger partial charge on any atom is 0.344 e. The molecule has 4 nitrogen and oxygen atoms in total. The van der Waals surface area contributed by atoms with Crippen molar-refractivity contribution in [2.45, 2.75) is 26.4 Å². The van der Waals surface area contributed by atoms with E-state index in [2.05, 4.69) is 20.9 Å². The lowest BCUT2D eigenvalue weighted by atomic mass is 10.2. The molecule has 1 aromatic heterocycles. The Morgan fingerprint density at radius 3 is 2.69 bits per heavy atom. The van der Waals surface area contributed by atoms with Crippen molar-refractivity contribution in [2.75, 3.05) is 6.61 Å². The van der Waals surface area contributed by atoms with Crippen LogP contribution in [0.3, 0.4) is 0 Å². The van der Waals surface area contributed by atoms with E-state index < -0.39 is 11.6 Å². The van der Waals surface area contributed by atoms with E-state index >= 15 is 0 Å². The molecule has 0 saturated heterocycles. The molecule has 0 N–H and O–H groups in total. The first kappa shape index (κ1) is 13.0. The van der Waals surface area contributed by atoms with Crippen LogP contribution in [0.1, 0.15) is 20.8 Å². The lowest BCUT2D eigenvalue weighted by Crippen LogP contribution is -2.27. The van der Waals surface area contributed by atoms with Crippen molar-refractivity contribution < 1.29 is 14.3 Å². The van der Waals surface area contributed by atoms with Crippen LogP contribution in [0.15, 0.2) is 22.8 Å². The quantitative estimate of drug-likeness (QED) is 0.633. The number of esters is 1. The Balaban J connectivity index is 2.43. The van der Waals surface area contributed by atoms with Gasteiger partial charge in [-0.15, -0.1) is 0 Å². The lowest BCUT2D eigenvalue weighted by molar-refractivity contribution is -0.157. The summed E-state index contributed by atoms with van der Waals surface area (Å²) < 4.78 is 10.9. The van der Waals surface area contributed by atoms with Crippen molar-refractivity contribution in [1.29, 1.82) is 0 Å². The molecule has 0 aliphatic heterocycles. The zero-order valence-corrected chi connectivity index (χ0v) is 11.1. The van der Waals surface area contributed by atoms with Gasteiger partial charge in [0.2, 0.25) is 5.88 Å². The molecule has 0 saturated carbocycles. The fourth-order valence-corrected chi connectivity index (χ4v) is 1.30. The number of carbonyl (C=O) groups excluding carboxylic acids is 1. The van der Waals surface area contributed by atoms with E-state index in [-0.39, 0.29) is 6.61 Å². The number of pyridine rings is 1. The van der Waals surface area contributed by atoms with E-state index in [0.717, 1.165) is 0 Å². The second-order valence-electron chi connectivity index (χ2n) is 4.17. The Labute approximate surface area is 103 Å². The first-order chi connectivity index (χ1) is 7.37. The van der Waals surface area contributed by atoms with Gasteiger partial charge in [0, 0.05) is 6.07 Å². The summed E-state index contributed by atoms with van der Waals surface area (Å²) in [6.07, 6.45) is 0. The highest BCUT2D eigenvalue weighted by molar-refractivity contribution is 9.10. The highest BCUT2D eigenvalue weighted by Gasteiger charge is 2.16. The van der Waals surface area contributed by atoms with Gasteiger partial charge < -0.3 is 9.47 Å². The molecule has 1 rings (SSSR count). The summed E-state index contributed by atoms with van der Waals surface area (Å²) >= 11 is 3.21. The topological polar surface area (TPSA) is 48.4 Å². The Kier molecular flexibility index (Phi) is 4.29. The van der Waals surface area contributed by atoms with Gasteiger partial charge in [0.15, 0.2) is 6.61 Å². The van der Waals surface area contributed by atoms with Crippen molar-refractivity contribution in [2.24, 2.45) is 0 Å². The van der Waals surface area contributed by atoms with Gasteiger partial charge in [0.05, 0.1) is 0 Å². The van der Waals surface area contributed by atoms with Crippen LogP contribution >= 0.6 is 15.9 Å². The van der Waals surface area contributed by atoms with Crippen LogP contribution in [0.25, 0.3) is 0 Å². The standard InChI is InChI=1S/C11H14BrNO3/c1-11(2,3)16-10(14)7-15-9-6-4-5-8(12)13-9/h4-6H,7H2,1-3H3. The molecule has 0 unspecified atom stereocenters. The third-order valence-electron chi connectivity index (χ3n) is 1.45. The summed E-state index contributed by atoms with van der Waals surface area (Å²) in [4.78, 5) is 15.4. The van der Waals surface area contributed by atoms with E-state index in [1.54, 1.807) is 18.2 Å². The number of ether oxygens (including phenoxy) is 2. The van der Waals surface area contributed by atoms with Crippen molar-refractivity contribution in [3.8, 4) is 5.88 Å². The molecule has 0 bridgehead atoms. The molecule has 0 amide bonds. The van der Waals surface area contributed by atoms with Crippen LogP contribution in [0.5, 0.6) is 5.88 Å². The number of aromatic nitrogens is 1. The number of carbonyl (C=O) groups is 1. The van der Waals surface area contributed by atoms with Crippen LogP contribution in [0.2, 0.25) is 0 Å². The van der Waals surface area contributed by atoms with Crippen LogP contribution in [-0.2, 0) is 9.53 Å². The molecule has 0 atom stereocenters. The molecule has 0 aromatic carbocycles. The molecule has 5 heteroatoms. The van der Waals surface area contributed by atoms with Gasteiger partial charge in [-0.1, -0.05) is 6.07 Å². The van der Waals surface area contributed by atoms with E-state index in [0.29, 0.717) is 10.5 Å². The van der Waals surface area contributed by atoms with Crippen molar-refractivity contribution in [3.63, 3.8) is 0 Å². The molecule has 0 radical (unpaired) electrons. The minimum absolute atomic E-state index is 0.138. The minimum Gasteiger partial charge on any atom is -0.466 e. The molecule has 0 aliphatic carbocycles. The third-order valence-corrected chi connectivity index (χ3v) is 1.89.